The third-order valence-corrected chi connectivity index (χ3v) is 5.75. The first-order valence-electron chi connectivity index (χ1n) is 8.83. The fourth-order valence-corrected chi connectivity index (χ4v) is 4.74. The van der Waals surface area contributed by atoms with Crippen molar-refractivity contribution in [3.63, 3.8) is 0 Å². The lowest BCUT2D eigenvalue weighted by Gasteiger charge is -2.29. The van der Waals surface area contributed by atoms with E-state index < -0.39 is 0 Å². The molecule has 2 nitrogen and oxygen atoms in total. The van der Waals surface area contributed by atoms with Gasteiger partial charge in [-0.1, -0.05) is 25.1 Å². The van der Waals surface area contributed by atoms with Gasteiger partial charge in [0.1, 0.15) is 0 Å². The number of likely N-dealkylation sites (N-methyl/N-ethyl adjacent to an activating group) is 1. The standard InChI is InChI=1S/C19H27NO/c1-2-20-18(17-12-16-8-9-19(17)21-16)11-13-6-7-14-4-3-5-15(14)10-13/h6-7,10,16-20H,2-5,8-9,11-12H2,1H3. The van der Waals surface area contributed by atoms with Gasteiger partial charge < -0.3 is 10.1 Å². The van der Waals surface area contributed by atoms with Gasteiger partial charge in [-0.3, -0.25) is 0 Å². The minimum atomic E-state index is 0.522. The molecule has 2 aliphatic heterocycles. The van der Waals surface area contributed by atoms with Crippen molar-refractivity contribution in [3.8, 4) is 0 Å². The Morgan fingerprint density at radius 2 is 2.14 bits per heavy atom. The summed E-state index contributed by atoms with van der Waals surface area (Å²) in [5, 5.41) is 3.75. The van der Waals surface area contributed by atoms with Crippen molar-refractivity contribution in [2.75, 3.05) is 6.54 Å². The van der Waals surface area contributed by atoms with Crippen molar-refractivity contribution in [1.82, 2.24) is 5.32 Å². The van der Waals surface area contributed by atoms with Gasteiger partial charge in [-0.25, -0.2) is 0 Å². The van der Waals surface area contributed by atoms with Crippen LogP contribution in [0.15, 0.2) is 18.2 Å². The Morgan fingerprint density at radius 1 is 1.24 bits per heavy atom. The van der Waals surface area contributed by atoms with E-state index in [9.17, 15) is 0 Å². The summed E-state index contributed by atoms with van der Waals surface area (Å²) in [6, 6.07) is 7.80. The molecule has 0 radical (unpaired) electrons. The summed E-state index contributed by atoms with van der Waals surface area (Å²) >= 11 is 0. The molecule has 2 fully saturated rings. The van der Waals surface area contributed by atoms with Crippen LogP contribution >= 0.6 is 0 Å². The summed E-state index contributed by atoms with van der Waals surface area (Å²) in [5.41, 5.74) is 4.71. The molecule has 0 amide bonds. The highest BCUT2D eigenvalue weighted by atomic mass is 16.5. The molecule has 2 heterocycles. The molecule has 2 bridgehead atoms. The second-order valence-electron chi connectivity index (χ2n) is 7.10. The number of aryl methyl sites for hydroxylation is 2. The molecule has 4 rings (SSSR count). The number of rotatable bonds is 5. The molecule has 3 aliphatic rings. The fraction of sp³-hybridized carbons (Fsp3) is 0.684. The van der Waals surface area contributed by atoms with Crippen LogP contribution in [0.4, 0.5) is 0 Å². The van der Waals surface area contributed by atoms with Crippen LogP contribution in [0.3, 0.4) is 0 Å². The number of hydrogen-bond donors (Lipinski definition) is 1. The van der Waals surface area contributed by atoms with Crippen molar-refractivity contribution in [2.24, 2.45) is 5.92 Å². The molecule has 4 unspecified atom stereocenters. The van der Waals surface area contributed by atoms with Gasteiger partial charge in [0, 0.05) is 12.0 Å². The van der Waals surface area contributed by atoms with Crippen molar-refractivity contribution in [3.05, 3.63) is 34.9 Å². The Hall–Kier alpha value is -0.860. The Kier molecular flexibility index (Phi) is 3.76. The molecule has 0 spiro atoms. The average Bonchev–Trinajstić information content (AvgIpc) is 3.22. The summed E-state index contributed by atoms with van der Waals surface area (Å²) < 4.78 is 6.08. The molecule has 2 heteroatoms. The van der Waals surface area contributed by atoms with E-state index in [0.717, 1.165) is 12.5 Å². The minimum absolute atomic E-state index is 0.522. The largest absolute Gasteiger partial charge is 0.375 e. The van der Waals surface area contributed by atoms with E-state index in [2.05, 4.69) is 30.4 Å². The summed E-state index contributed by atoms with van der Waals surface area (Å²) in [6.07, 6.45) is 10.00. The lowest BCUT2D eigenvalue weighted by atomic mass is 9.81. The van der Waals surface area contributed by atoms with Gasteiger partial charge in [0.15, 0.2) is 0 Å². The number of ether oxygens (including phenoxy) is 1. The van der Waals surface area contributed by atoms with E-state index in [0.29, 0.717) is 18.2 Å². The van der Waals surface area contributed by atoms with E-state index in [4.69, 9.17) is 4.74 Å². The first-order valence-corrected chi connectivity index (χ1v) is 8.83. The summed E-state index contributed by atoms with van der Waals surface area (Å²) in [4.78, 5) is 0. The zero-order chi connectivity index (χ0) is 14.2. The Balaban J connectivity index is 1.49. The van der Waals surface area contributed by atoms with Crippen LogP contribution in [0, 0.1) is 5.92 Å². The second kappa shape index (κ2) is 5.73. The first kappa shape index (κ1) is 13.8. The van der Waals surface area contributed by atoms with Crippen LogP contribution < -0.4 is 5.32 Å². The molecule has 0 saturated carbocycles. The lowest BCUT2D eigenvalue weighted by molar-refractivity contribution is 0.0858. The van der Waals surface area contributed by atoms with Gasteiger partial charge in [-0.2, -0.15) is 0 Å². The quantitative estimate of drug-likeness (QED) is 0.896. The Morgan fingerprint density at radius 3 is 2.90 bits per heavy atom. The van der Waals surface area contributed by atoms with Crippen molar-refractivity contribution >= 4 is 0 Å². The highest BCUT2D eigenvalue weighted by Crippen LogP contribution is 2.41. The SMILES string of the molecule is CCNC(Cc1ccc2c(c1)CCC2)C1CC2CCC1O2. The van der Waals surface area contributed by atoms with Crippen molar-refractivity contribution in [1.29, 1.82) is 0 Å². The molecule has 2 saturated heterocycles. The molecular formula is C19H27NO. The molecule has 4 atom stereocenters. The van der Waals surface area contributed by atoms with Gasteiger partial charge in [0.2, 0.25) is 0 Å². The van der Waals surface area contributed by atoms with Crippen molar-refractivity contribution < 1.29 is 4.74 Å². The zero-order valence-electron chi connectivity index (χ0n) is 13.1. The summed E-state index contributed by atoms with van der Waals surface area (Å²) in [7, 11) is 0. The maximum atomic E-state index is 6.08. The number of hydrogen-bond acceptors (Lipinski definition) is 2. The molecular weight excluding hydrogens is 258 g/mol. The summed E-state index contributed by atoms with van der Waals surface area (Å²) in [6.45, 7) is 3.28. The highest BCUT2D eigenvalue weighted by molar-refractivity contribution is 5.35. The maximum Gasteiger partial charge on any atom is 0.0623 e. The molecule has 1 aliphatic carbocycles. The van der Waals surface area contributed by atoms with Gasteiger partial charge in [0.25, 0.3) is 0 Å². The smallest absolute Gasteiger partial charge is 0.0623 e. The van der Waals surface area contributed by atoms with E-state index in [1.54, 1.807) is 11.1 Å². The zero-order valence-corrected chi connectivity index (χ0v) is 13.1. The third kappa shape index (κ3) is 2.64. The Bertz CT molecular complexity index is 512. The molecule has 0 aromatic heterocycles. The fourth-order valence-electron chi connectivity index (χ4n) is 4.74. The van der Waals surface area contributed by atoms with Crippen LogP contribution in [0.2, 0.25) is 0 Å². The van der Waals surface area contributed by atoms with Gasteiger partial charge in [-0.15, -0.1) is 0 Å². The van der Waals surface area contributed by atoms with Gasteiger partial charge in [0.05, 0.1) is 12.2 Å². The van der Waals surface area contributed by atoms with Crippen LogP contribution in [-0.2, 0) is 24.0 Å². The van der Waals surface area contributed by atoms with Crippen LogP contribution in [0.25, 0.3) is 0 Å². The molecule has 21 heavy (non-hydrogen) atoms. The molecule has 1 N–H and O–H groups in total. The Labute approximate surface area is 128 Å². The topological polar surface area (TPSA) is 21.3 Å². The van der Waals surface area contributed by atoms with E-state index in [1.807, 2.05) is 0 Å². The molecule has 114 valence electrons. The number of nitrogens with one attached hydrogen (secondary N) is 1. The second-order valence-corrected chi connectivity index (χ2v) is 7.10. The first-order chi connectivity index (χ1) is 10.3. The number of benzene rings is 1. The summed E-state index contributed by atoms with van der Waals surface area (Å²) in [5.74, 6) is 0.719. The highest BCUT2D eigenvalue weighted by Gasteiger charge is 2.44. The predicted octanol–water partition coefficient (Wildman–Crippen LogP) is 3.26. The average molecular weight is 285 g/mol. The maximum absolute atomic E-state index is 6.08. The van der Waals surface area contributed by atoms with Crippen LogP contribution in [0.5, 0.6) is 0 Å². The molecule has 1 aromatic rings. The van der Waals surface area contributed by atoms with Gasteiger partial charge in [-0.05, 0) is 68.2 Å². The van der Waals surface area contributed by atoms with Crippen LogP contribution in [0.1, 0.15) is 49.3 Å². The van der Waals surface area contributed by atoms with E-state index in [-0.39, 0.29) is 0 Å². The van der Waals surface area contributed by atoms with E-state index >= 15 is 0 Å². The van der Waals surface area contributed by atoms with Crippen LogP contribution in [-0.4, -0.2) is 24.8 Å². The number of fused-ring (bicyclic) bond motifs is 3. The van der Waals surface area contributed by atoms with E-state index in [1.165, 1.54) is 50.5 Å². The predicted molar refractivity (Wildman–Crippen MR) is 85.6 cm³/mol. The third-order valence-electron chi connectivity index (χ3n) is 5.75. The monoisotopic (exact) mass is 285 g/mol. The minimum Gasteiger partial charge on any atom is -0.375 e. The normalized spacial score (nSPS) is 31.6. The van der Waals surface area contributed by atoms with Gasteiger partial charge >= 0.3 is 0 Å². The lowest BCUT2D eigenvalue weighted by Crippen LogP contribution is -2.42. The molecule has 1 aromatic carbocycles. The van der Waals surface area contributed by atoms with Crippen molar-refractivity contribution in [2.45, 2.75) is 70.1 Å².